The lowest BCUT2D eigenvalue weighted by molar-refractivity contribution is 1.07. The third kappa shape index (κ3) is 0.816. The van der Waals surface area contributed by atoms with E-state index in [4.69, 9.17) is 6.57 Å². The Kier molecular flexibility index (Phi) is 1.48. The first-order valence-electron chi connectivity index (χ1n) is 1.91. The highest BCUT2D eigenvalue weighted by molar-refractivity contribution is 14.1. The van der Waals surface area contributed by atoms with Gasteiger partial charge in [-0.2, -0.15) is 5.10 Å². The molecule has 0 saturated carbocycles. The number of nitrogens with one attached hydrogen (secondary N) is 1. The SMILES string of the molecule is [C-]#[N+]c1cn[nH]c1I. The van der Waals surface area contributed by atoms with E-state index < -0.39 is 0 Å². The zero-order valence-corrected chi connectivity index (χ0v) is 6.01. The maximum Gasteiger partial charge on any atom is 0.237 e. The molecule has 1 N–H and O–H groups in total. The molecule has 1 aromatic rings. The van der Waals surface area contributed by atoms with Gasteiger partial charge in [0.2, 0.25) is 5.69 Å². The van der Waals surface area contributed by atoms with Crippen molar-refractivity contribution in [3.05, 3.63) is 21.3 Å². The summed E-state index contributed by atoms with van der Waals surface area (Å²) < 4.78 is 0.803. The van der Waals surface area contributed by atoms with Gasteiger partial charge in [-0.05, 0) is 22.6 Å². The predicted octanol–water partition coefficient (Wildman–Crippen LogP) is 1.57. The normalized spacial score (nSPS) is 8.50. The van der Waals surface area contributed by atoms with E-state index in [9.17, 15) is 0 Å². The van der Waals surface area contributed by atoms with Crippen molar-refractivity contribution < 1.29 is 0 Å². The Morgan fingerprint density at radius 3 is 2.88 bits per heavy atom. The fraction of sp³-hybridized carbons (Fsp3) is 0. The topological polar surface area (TPSA) is 33.0 Å². The van der Waals surface area contributed by atoms with Crippen LogP contribution in [0.2, 0.25) is 0 Å². The van der Waals surface area contributed by atoms with Crippen LogP contribution >= 0.6 is 22.6 Å². The van der Waals surface area contributed by atoms with Crippen molar-refractivity contribution in [2.24, 2.45) is 0 Å². The zero-order valence-electron chi connectivity index (χ0n) is 3.85. The molecule has 40 valence electrons. The second kappa shape index (κ2) is 2.13. The maximum absolute atomic E-state index is 6.56. The van der Waals surface area contributed by atoms with Crippen LogP contribution in [0.25, 0.3) is 4.85 Å². The Hall–Kier alpha value is -0.570. The third-order valence-electron chi connectivity index (χ3n) is 0.695. The van der Waals surface area contributed by atoms with E-state index in [0.717, 1.165) is 3.70 Å². The average molecular weight is 219 g/mol. The Bertz CT molecular complexity index is 221. The van der Waals surface area contributed by atoms with Gasteiger partial charge in [0.05, 0.1) is 12.8 Å². The summed E-state index contributed by atoms with van der Waals surface area (Å²) in [6.07, 6.45) is 1.51. The quantitative estimate of drug-likeness (QED) is 0.521. The van der Waals surface area contributed by atoms with Crippen LogP contribution in [-0.4, -0.2) is 10.2 Å². The minimum atomic E-state index is 0.589. The molecule has 1 heterocycles. The van der Waals surface area contributed by atoms with Gasteiger partial charge in [0.15, 0.2) is 0 Å². The first-order valence-corrected chi connectivity index (χ1v) is 2.99. The van der Waals surface area contributed by atoms with E-state index in [1.807, 2.05) is 22.6 Å². The highest BCUT2D eigenvalue weighted by Crippen LogP contribution is 2.16. The monoisotopic (exact) mass is 219 g/mol. The van der Waals surface area contributed by atoms with Crippen LogP contribution in [0.1, 0.15) is 0 Å². The van der Waals surface area contributed by atoms with Gasteiger partial charge in [-0.25, -0.2) is 4.85 Å². The van der Waals surface area contributed by atoms with E-state index in [1.165, 1.54) is 6.20 Å². The van der Waals surface area contributed by atoms with E-state index >= 15 is 0 Å². The summed E-state index contributed by atoms with van der Waals surface area (Å²) in [5.74, 6) is 0. The molecule has 0 aromatic carbocycles. The van der Waals surface area contributed by atoms with E-state index in [2.05, 4.69) is 15.0 Å². The van der Waals surface area contributed by atoms with Gasteiger partial charge in [0, 0.05) is 0 Å². The number of nitrogens with zero attached hydrogens (tertiary/aromatic N) is 2. The zero-order chi connectivity index (χ0) is 5.98. The second-order valence-corrected chi connectivity index (χ2v) is 2.26. The number of H-pyrrole nitrogens is 1. The second-order valence-electron chi connectivity index (χ2n) is 1.18. The molecule has 1 rings (SSSR count). The molecule has 0 atom stereocenters. The summed E-state index contributed by atoms with van der Waals surface area (Å²) >= 11 is 2.02. The van der Waals surface area contributed by atoms with Crippen molar-refractivity contribution in [1.82, 2.24) is 10.2 Å². The van der Waals surface area contributed by atoms with Gasteiger partial charge >= 0.3 is 0 Å². The Labute approximate surface area is 60.1 Å². The fourth-order valence-corrected chi connectivity index (χ4v) is 0.741. The molecule has 0 fully saturated rings. The molecule has 0 radical (unpaired) electrons. The van der Waals surface area contributed by atoms with Crippen LogP contribution in [0.15, 0.2) is 6.20 Å². The molecule has 4 heteroatoms. The lowest BCUT2D eigenvalue weighted by Crippen LogP contribution is -1.65. The lowest BCUT2D eigenvalue weighted by Gasteiger charge is -1.74. The fourth-order valence-electron chi connectivity index (χ4n) is 0.342. The highest BCUT2D eigenvalue weighted by atomic mass is 127. The van der Waals surface area contributed by atoms with Crippen molar-refractivity contribution in [3.8, 4) is 0 Å². The Morgan fingerprint density at radius 2 is 2.62 bits per heavy atom. The smallest absolute Gasteiger partial charge is 0.237 e. The van der Waals surface area contributed by atoms with Crippen LogP contribution in [0.5, 0.6) is 0 Å². The number of hydrogen-bond acceptors (Lipinski definition) is 1. The molecule has 0 unspecified atom stereocenters. The molecule has 3 nitrogen and oxygen atoms in total. The Morgan fingerprint density at radius 1 is 1.88 bits per heavy atom. The summed E-state index contributed by atoms with van der Waals surface area (Å²) in [4.78, 5) is 3.18. The molecule has 8 heavy (non-hydrogen) atoms. The van der Waals surface area contributed by atoms with Gasteiger partial charge in [0.25, 0.3) is 0 Å². The number of halogens is 1. The number of aromatic nitrogens is 2. The van der Waals surface area contributed by atoms with E-state index in [0.29, 0.717) is 5.69 Å². The minimum Gasteiger partial charge on any atom is -0.284 e. The maximum atomic E-state index is 6.56. The van der Waals surface area contributed by atoms with Gasteiger partial charge in [-0.15, -0.1) is 0 Å². The van der Waals surface area contributed by atoms with Crippen molar-refractivity contribution in [2.75, 3.05) is 0 Å². The van der Waals surface area contributed by atoms with Crippen molar-refractivity contribution in [2.45, 2.75) is 0 Å². The van der Waals surface area contributed by atoms with Crippen molar-refractivity contribution >= 4 is 28.3 Å². The largest absolute Gasteiger partial charge is 0.284 e. The van der Waals surface area contributed by atoms with Crippen LogP contribution in [0.3, 0.4) is 0 Å². The van der Waals surface area contributed by atoms with E-state index in [1.54, 1.807) is 0 Å². The summed E-state index contributed by atoms with van der Waals surface area (Å²) in [5, 5.41) is 6.29. The number of aromatic amines is 1. The molecule has 0 spiro atoms. The van der Waals surface area contributed by atoms with Crippen LogP contribution in [0, 0.1) is 10.3 Å². The molecular formula is C4H2IN3. The van der Waals surface area contributed by atoms with Crippen LogP contribution in [-0.2, 0) is 0 Å². The van der Waals surface area contributed by atoms with Crippen molar-refractivity contribution in [1.29, 1.82) is 0 Å². The molecular weight excluding hydrogens is 217 g/mol. The molecule has 0 saturated heterocycles. The molecule has 1 aromatic heterocycles. The molecule has 0 aliphatic rings. The van der Waals surface area contributed by atoms with Crippen LogP contribution in [0.4, 0.5) is 5.69 Å². The summed E-state index contributed by atoms with van der Waals surface area (Å²) in [6.45, 7) is 6.56. The van der Waals surface area contributed by atoms with Gasteiger partial charge < -0.3 is 0 Å². The lowest BCUT2D eigenvalue weighted by atomic mass is 10.6. The van der Waals surface area contributed by atoms with E-state index in [-0.39, 0.29) is 0 Å². The van der Waals surface area contributed by atoms with Gasteiger partial charge in [0.1, 0.15) is 3.70 Å². The standard InChI is InChI=1S/C4H2IN3/c1-6-3-2-7-8-4(3)5/h2H,(H,7,8). The average Bonchev–Trinajstić information content (AvgIpc) is 2.14. The first kappa shape index (κ1) is 5.56. The van der Waals surface area contributed by atoms with Crippen molar-refractivity contribution in [3.63, 3.8) is 0 Å². The molecule has 0 aliphatic carbocycles. The number of hydrogen-bond donors (Lipinski definition) is 1. The number of rotatable bonds is 0. The summed E-state index contributed by atoms with van der Waals surface area (Å²) in [5.41, 5.74) is 0.589. The summed E-state index contributed by atoms with van der Waals surface area (Å²) in [7, 11) is 0. The minimum absolute atomic E-state index is 0.589. The van der Waals surface area contributed by atoms with Crippen LogP contribution < -0.4 is 0 Å². The predicted molar refractivity (Wildman–Crippen MR) is 37.6 cm³/mol. The molecule has 0 amide bonds. The first-order chi connectivity index (χ1) is 3.84. The van der Waals surface area contributed by atoms with Gasteiger partial charge in [-0.1, -0.05) is 0 Å². The molecule has 0 aliphatic heterocycles. The third-order valence-corrected chi connectivity index (χ3v) is 1.49. The Balaban J connectivity index is 3.15. The highest BCUT2D eigenvalue weighted by Gasteiger charge is 1.96. The van der Waals surface area contributed by atoms with Gasteiger partial charge in [-0.3, -0.25) is 5.10 Å². The molecule has 0 bridgehead atoms. The summed E-state index contributed by atoms with van der Waals surface area (Å²) in [6, 6.07) is 0.